The standard InChI is InChI=1S/C15H11NO2S/c16-12-14-8-6-13(7-9-14)10-11-19(17,18)15-4-2-1-3-5-15/h1-11H. The number of hydrogen-bond acceptors (Lipinski definition) is 3. The highest BCUT2D eigenvalue weighted by atomic mass is 32.2. The highest BCUT2D eigenvalue weighted by molar-refractivity contribution is 7.94. The van der Waals surface area contributed by atoms with Crippen molar-refractivity contribution < 1.29 is 8.42 Å². The molecule has 4 heteroatoms. The van der Waals surface area contributed by atoms with Crippen LogP contribution in [0.2, 0.25) is 0 Å². The van der Waals surface area contributed by atoms with Crippen molar-refractivity contribution in [2.45, 2.75) is 4.90 Å². The Hall–Kier alpha value is -2.38. The minimum Gasteiger partial charge on any atom is -0.219 e. The predicted molar refractivity (Wildman–Crippen MR) is 73.8 cm³/mol. The molecular formula is C15H11NO2S. The average Bonchev–Trinajstić information content (AvgIpc) is 2.47. The van der Waals surface area contributed by atoms with E-state index >= 15 is 0 Å². The minimum atomic E-state index is -3.42. The van der Waals surface area contributed by atoms with Crippen LogP contribution in [0, 0.1) is 11.3 Å². The summed E-state index contributed by atoms with van der Waals surface area (Å²) in [5, 5.41) is 9.84. The summed E-state index contributed by atoms with van der Waals surface area (Å²) in [5.41, 5.74) is 1.28. The van der Waals surface area contributed by atoms with Crippen LogP contribution in [0.25, 0.3) is 6.08 Å². The zero-order chi connectivity index (χ0) is 13.7. The molecule has 0 fully saturated rings. The van der Waals surface area contributed by atoms with Crippen molar-refractivity contribution >= 4 is 15.9 Å². The molecule has 0 spiro atoms. The number of nitrogens with zero attached hydrogens (tertiary/aromatic N) is 1. The van der Waals surface area contributed by atoms with Gasteiger partial charge in [0.25, 0.3) is 0 Å². The van der Waals surface area contributed by atoms with Crippen molar-refractivity contribution in [1.82, 2.24) is 0 Å². The summed E-state index contributed by atoms with van der Waals surface area (Å²) in [6.45, 7) is 0. The summed E-state index contributed by atoms with van der Waals surface area (Å²) in [7, 11) is -3.42. The minimum absolute atomic E-state index is 0.264. The smallest absolute Gasteiger partial charge is 0.199 e. The summed E-state index contributed by atoms with van der Waals surface area (Å²) in [6.07, 6.45) is 1.52. The van der Waals surface area contributed by atoms with Crippen LogP contribution >= 0.6 is 0 Å². The highest BCUT2D eigenvalue weighted by Gasteiger charge is 2.08. The Kier molecular flexibility index (Phi) is 3.79. The van der Waals surface area contributed by atoms with Gasteiger partial charge in [-0.2, -0.15) is 5.26 Å². The van der Waals surface area contributed by atoms with Crippen LogP contribution in [-0.2, 0) is 9.84 Å². The van der Waals surface area contributed by atoms with E-state index in [9.17, 15) is 8.42 Å². The fourth-order valence-corrected chi connectivity index (χ4v) is 2.56. The quantitative estimate of drug-likeness (QED) is 0.860. The van der Waals surface area contributed by atoms with Gasteiger partial charge in [0.2, 0.25) is 0 Å². The first-order valence-corrected chi connectivity index (χ1v) is 7.15. The van der Waals surface area contributed by atoms with E-state index in [4.69, 9.17) is 5.26 Å². The molecule has 0 radical (unpaired) electrons. The molecule has 0 heterocycles. The van der Waals surface area contributed by atoms with E-state index < -0.39 is 9.84 Å². The van der Waals surface area contributed by atoms with Crippen molar-refractivity contribution in [3.63, 3.8) is 0 Å². The van der Waals surface area contributed by atoms with Gasteiger partial charge in [-0.05, 0) is 35.9 Å². The lowest BCUT2D eigenvalue weighted by Crippen LogP contribution is -1.95. The number of benzene rings is 2. The molecule has 0 saturated heterocycles. The largest absolute Gasteiger partial charge is 0.219 e. The third-order valence-corrected chi connectivity index (χ3v) is 3.97. The van der Waals surface area contributed by atoms with Crippen LogP contribution in [0.4, 0.5) is 0 Å². The predicted octanol–water partition coefficient (Wildman–Crippen LogP) is 3.00. The van der Waals surface area contributed by atoms with Gasteiger partial charge in [0.1, 0.15) is 0 Å². The van der Waals surface area contributed by atoms with Crippen LogP contribution in [0.15, 0.2) is 64.9 Å². The fraction of sp³-hybridized carbons (Fsp3) is 0. The van der Waals surface area contributed by atoms with Gasteiger partial charge in [-0.15, -0.1) is 0 Å². The van der Waals surface area contributed by atoms with E-state index in [1.807, 2.05) is 6.07 Å². The molecule has 0 aliphatic rings. The molecule has 0 aliphatic heterocycles. The summed E-state index contributed by atoms with van der Waals surface area (Å²) >= 11 is 0. The third kappa shape index (κ3) is 3.30. The average molecular weight is 269 g/mol. The second-order valence-electron chi connectivity index (χ2n) is 3.89. The topological polar surface area (TPSA) is 57.9 Å². The molecule has 2 aromatic rings. The first-order valence-electron chi connectivity index (χ1n) is 5.60. The van der Waals surface area contributed by atoms with Crippen LogP contribution in [0.5, 0.6) is 0 Å². The van der Waals surface area contributed by atoms with Crippen LogP contribution in [0.1, 0.15) is 11.1 Å². The Morgan fingerprint density at radius 3 is 2.16 bits per heavy atom. The van der Waals surface area contributed by atoms with Crippen LogP contribution < -0.4 is 0 Å². The van der Waals surface area contributed by atoms with E-state index in [2.05, 4.69) is 0 Å². The van der Waals surface area contributed by atoms with Crippen molar-refractivity contribution in [3.05, 3.63) is 71.1 Å². The lowest BCUT2D eigenvalue weighted by atomic mass is 10.1. The Balaban J connectivity index is 2.25. The van der Waals surface area contributed by atoms with Crippen molar-refractivity contribution in [2.24, 2.45) is 0 Å². The molecular weight excluding hydrogens is 258 g/mol. The van der Waals surface area contributed by atoms with E-state index in [0.29, 0.717) is 5.56 Å². The van der Waals surface area contributed by atoms with Gasteiger partial charge in [-0.1, -0.05) is 30.3 Å². The lowest BCUT2D eigenvalue weighted by molar-refractivity contribution is 0.605. The van der Waals surface area contributed by atoms with Gasteiger partial charge >= 0.3 is 0 Å². The summed E-state index contributed by atoms with van der Waals surface area (Å²) in [6, 6.07) is 17.0. The molecule has 0 N–H and O–H groups in total. The lowest BCUT2D eigenvalue weighted by Gasteiger charge is -1.98. The Labute approximate surface area is 112 Å². The molecule has 94 valence electrons. The second kappa shape index (κ2) is 5.51. The van der Waals surface area contributed by atoms with Gasteiger partial charge in [-0.25, -0.2) is 8.42 Å². The fourth-order valence-electron chi connectivity index (χ4n) is 1.53. The molecule has 0 aliphatic carbocycles. The normalized spacial score (nSPS) is 11.3. The zero-order valence-corrected chi connectivity index (χ0v) is 10.8. The molecule has 2 rings (SSSR count). The Morgan fingerprint density at radius 2 is 1.58 bits per heavy atom. The maximum absolute atomic E-state index is 12.0. The van der Waals surface area contributed by atoms with Crippen molar-refractivity contribution in [1.29, 1.82) is 5.26 Å². The first-order chi connectivity index (χ1) is 9.12. The molecule has 0 bridgehead atoms. The van der Waals surface area contributed by atoms with Crippen LogP contribution in [-0.4, -0.2) is 8.42 Å². The molecule has 0 amide bonds. The van der Waals surface area contributed by atoms with Crippen molar-refractivity contribution in [3.8, 4) is 6.07 Å². The third-order valence-electron chi connectivity index (χ3n) is 2.55. The van der Waals surface area contributed by atoms with Gasteiger partial charge in [0.15, 0.2) is 9.84 Å². The molecule has 0 unspecified atom stereocenters. The van der Waals surface area contributed by atoms with E-state index in [1.54, 1.807) is 54.6 Å². The number of nitriles is 1. The number of hydrogen-bond donors (Lipinski definition) is 0. The van der Waals surface area contributed by atoms with Crippen LogP contribution in [0.3, 0.4) is 0 Å². The molecule has 19 heavy (non-hydrogen) atoms. The summed E-state index contributed by atoms with van der Waals surface area (Å²) < 4.78 is 24.0. The SMILES string of the molecule is N#Cc1ccc(C=CS(=O)(=O)c2ccccc2)cc1. The maximum atomic E-state index is 12.0. The van der Waals surface area contributed by atoms with Gasteiger partial charge in [-0.3, -0.25) is 0 Å². The Bertz CT molecular complexity index is 724. The first kappa shape index (κ1) is 13.1. The van der Waals surface area contributed by atoms with Gasteiger partial charge in [0, 0.05) is 5.41 Å². The van der Waals surface area contributed by atoms with Crippen molar-refractivity contribution in [2.75, 3.05) is 0 Å². The van der Waals surface area contributed by atoms with E-state index in [-0.39, 0.29) is 4.90 Å². The number of rotatable bonds is 3. The number of sulfone groups is 1. The molecule has 0 atom stereocenters. The van der Waals surface area contributed by atoms with E-state index in [1.165, 1.54) is 11.5 Å². The summed E-state index contributed by atoms with van der Waals surface area (Å²) in [4.78, 5) is 0.264. The zero-order valence-electron chi connectivity index (χ0n) is 10.0. The highest BCUT2D eigenvalue weighted by Crippen LogP contribution is 2.13. The second-order valence-corrected chi connectivity index (χ2v) is 5.73. The molecule has 3 nitrogen and oxygen atoms in total. The molecule has 2 aromatic carbocycles. The Morgan fingerprint density at radius 1 is 0.947 bits per heavy atom. The monoisotopic (exact) mass is 269 g/mol. The summed E-state index contributed by atoms with van der Waals surface area (Å²) in [5.74, 6) is 0. The van der Waals surface area contributed by atoms with Gasteiger partial charge < -0.3 is 0 Å². The molecule has 0 aromatic heterocycles. The van der Waals surface area contributed by atoms with E-state index in [0.717, 1.165) is 5.56 Å². The maximum Gasteiger partial charge on any atom is 0.199 e. The molecule has 0 saturated carbocycles. The van der Waals surface area contributed by atoms with Gasteiger partial charge in [0.05, 0.1) is 16.5 Å².